The summed E-state index contributed by atoms with van der Waals surface area (Å²) >= 11 is 0. The number of carbonyl (C=O) groups excluding carboxylic acids is 1. The number of aromatic amines is 1. The fourth-order valence-corrected chi connectivity index (χ4v) is 1.56. The topological polar surface area (TPSA) is 69.8 Å². The predicted octanol–water partition coefficient (Wildman–Crippen LogP) is 1.56. The zero-order valence-electron chi connectivity index (χ0n) is 10.2. The Morgan fingerprint density at radius 1 is 1.28 bits per heavy atom. The summed E-state index contributed by atoms with van der Waals surface area (Å²) in [5.74, 6) is -0.158. The number of carbonyl (C=O) groups is 1. The maximum absolute atomic E-state index is 11.6. The Morgan fingerprint density at radius 3 is 2.72 bits per heavy atom. The van der Waals surface area contributed by atoms with E-state index in [9.17, 15) is 4.79 Å². The van der Waals surface area contributed by atoms with Gasteiger partial charge in [-0.3, -0.25) is 9.89 Å². The lowest BCUT2D eigenvalue weighted by Gasteiger charge is -2.06. The van der Waals surface area contributed by atoms with E-state index in [4.69, 9.17) is 0 Å². The molecule has 0 aliphatic carbocycles. The lowest BCUT2D eigenvalue weighted by molar-refractivity contribution is 0.0950. The van der Waals surface area contributed by atoms with E-state index in [0.717, 1.165) is 11.4 Å². The van der Waals surface area contributed by atoms with Crippen molar-refractivity contribution in [3.8, 4) is 0 Å². The van der Waals surface area contributed by atoms with Crippen LogP contribution in [0.25, 0.3) is 0 Å². The molecule has 0 radical (unpaired) electrons. The minimum atomic E-state index is -0.158. The SMILES string of the molecule is Cc1cc(C(=O)NCCNc2ccccc2)n[nH]1. The van der Waals surface area contributed by atoms with Crippen LogP contribution >= 0.6 is 0 Å². The van der Waals surface area contributed by atoms with Crippen molar-refractivity contribution in [3.63, 3.8) is 0 Å². The van der Waals surface area contributed by atoms with E-state index >= 15 is 0 Å². The van der Waals surface area contributed by atoms with Crippen LogP contribution in [0.3, 0.4) is 0 Å². The first-order valence-corrected chi connectivity index (χ1v) is 5.85. The van der Waals surface area contributed by atoms with Crippen LogP contribution in [-0.4, -0.2) is 29.2 Å². The van der Waals surface area contributed by atoms with Crippen LogP contribution in [0.2, 0.25) is 0 Å². The molecule has 0 unspecified atom stereocenters. The van der Waals surface area contributed by atoms with Crippen molar-refractivity contribution < 1.29 is 4.79 Å². The first-order chi connectivity index (χ1) is 8.75. The first kappa shape index (κ1) is 12.2. The number of aromatic nitrogens is 2. The van der Waals surface area contributed by atoms with Gasteiger partial charge in [0, 0.05) is 24.5 Å². The quantitative estimate of drug-likeness (QED) is 0.699. The second-order valence-corrected chi connectivity index (χ2v) is 3.98. The molecule has 5 nitrogen and oxygen atoms in total. The van der Waals surface area contributed by atoms with Gasteiger partial charge < -0.3 is 10.6 Å². The summed E-state index contributed by atoms with van der Waals surface area (Å²) in [5.41, 5.74) is 2.34. The van der Waals surface area contributed by atoms with Gasteiger partial charge >= 0.3 is 0 Å². The van der Waals surface area contributed by atoms with Crippen LogP contribution in [-0.2, 0) is 0 Å². The summed E-state index contributed by atoms with van der Waals surface area (Å²) in [7, 11) is 0. The summed E-state index contributed by atoms with van der Waals surface area (Å²) in [6.07, 6.45) is 0. The number of rotatable bonds is 5. The summed E-state index contributed by atoms with van der Waals surface area (Å²) in [6.45, 7) is 3.10. The van der Waals surface area contributed by atoms with Crippen molar-refractivity contribution in [1.29, 1.82) is 0 Å². The highest BCUT2D eigenvalue weighted by Crippen LogP contribution is 2.03. The maximum Gasteiger partial charge on any atom is 0.271 e. The molecule has 0 aliphatic heterocycles. The van der Waals surface area contributed by atoms with Gasteiger partial charge in [0.15, 0.2) is 0 Å². The van der Waals surface area contributed by atoms with E-state index in [1.165, 1.54) is 0 Å². The number of benzene rings is 1. The molecular formula is C13H16N4O. The first-order valence-electron chi connectivity index (χ1n) is 5.85. The van der Waals surface area contributed by atoms with Crippen molar-refractivity contribution in [1.82, 2.24) is 15.5 Å². The third-order valence-electron chi connectivity index (χ3n) is 2.45. The van der Waals surface area contributed by atoms with Crippen molar-refractivity contribution in [2.24, 2.45) is 0 Å². The molecule has 2 rings (SSSR count). The molecule has 1 heterocycles. The second-order valence-electron chi connectivity index (χ2n) is 3.98. The molecule has 0 spiro atoms. The summed E-state index contributed by atoms with van der Waals surface area (Å²) in [6, 6.07) is 11.6. The Balaban J connectivity index is 1.71. The van der Waals surface area contributed by atoms with Crippen LogP contribution in [0.4, 0.5) is 5.69 Å². The van der Waals surface area contributed by atoms with Gasteiger partial charge in [-0.05, 0) is 25.1 Å². The molecule has 1 aromatic carbocycles. The normalized spacial score (nSPS) is 10.1. The summed E-state index contributed by atoms with van der Waals surface area (Å²) in [4.78, 5) is 11.6. The van der Waals surface area contributed by atoms with Crippen molar-refractivity contribution in [2.75, 3.05) is 18.4 Å². The van der Waals surface area contributed by atoms with E-state index in [1.807, 2.05) is 37.3 Å². The van der Waals surface area contributed by atoms with Gasteiger partial charge in [0.1, 0.15) is 5.69 Å². The smallest absolute Gasteiger partial charge is 0.271 e. The molecule has 1 aromatic heterocycles. The molecule has 2 aromatic rings. The van der Waals surface area contributed by atoms with E-state index < -0.39 is 0 Å². The van der Waals surface area contributed by atoms with Crippen molar-refractivity contribution >= 4 is 11.6 Å². The van der Waals surface area contributed by atoms with Crippen LogP contribution in [0.5, 0.6) is 0 Å². The standard InChI is InChI=1S/C13H16N4O/c1-10-9-12(17-16-10)13(18)15-8-7-14-11-5-3-2-4-6-11/h2-6,9,14H,7-8H2,1H3,(H,15,18)(H,16,17). The number of anilines is 1. The number of amides is 1. The number of aryl methyl sites for hydroxylation is 1. The van der Waals surface area contributed by atoms with Gasteiger partial charge in [-0.2, -0.15) is 5.10 Å². The lowest BCUT2D eigenvalue weighted by Crippen LogP contribution is -2.29. The Labute approximate surface area is 106 Å². The Bertz CT molecular complexity index is 507. The molecule has 0 atom stereocenters. The molecule has 1 amide bonds. The summed E-state index contributed by atoms with van der Waals surface area (Å²) < 4.78 is 0. The molecule has 0 saturated heterocycles. The van der Waals surface area contributed by atoms with Crippen LogP contribution in [0.15, 0.2) is 36.4 Å². The number of nitrogens with zero attached hydrogens (tertiary/aromatic N) is 1. The Morgan fingerprint density at radius 2 is 2.06 bits per heavy atom. The number of hydrogen-bond acceptors (Lipinski definition) is 3. The Kier molecular flexibility index (Phi) is 3.96. The van der Waals surface area contributed by atoms with Crippen molar-refractivity contribution in [3.05, 3.63) is 47.8 Å². The lowest BCUT2D eigenvalue weighted by atomic mass is 10.3. The molecule has 0 bridgehead atoms. The monoisotopic (exact) mass is 244 g/mol. The highest BCUT2D eigenvalue weighted by molar-refractivity contribution is 5.92. The number of H-pyrrole nitrogens is 1. The fraction of sp³-hybridized carbons (Fsp3) is 0.231. The number of hydrogen-bond donors (Lipinski definition) is 3. The molecule has 5 heteroatoms. The summed E-state index contributed by atoms with van der Waals surface area (Å²) in [5, 5.41) is 12.6. The fourth-order valence-electron chi connectivity index (χ4n) is 1.56. The zero-order valence-corrected chi connectivity index (χ0v) is 10.2. The molecule has 3 N–H and O–H groups in total. The van der Waals surface area contributed by atoms with Crippen LogP contribution < -0.4 is 10.6 Å². The molecular weight excluding hydrogens is 228 g/mol. The Hall–Kier alpha value is -2.30. The largest absolute Gasteiger partial charge is 0.383 e. The highest BCUT2D eigenvalue weighted by Gasteiger charge is 2.07. The van der Waals surface area contributed by atoms with Crippen molar-refractivity contribution in [2.45, 2.75) is 6.92 Å². The van der Waals surface area contributed by atoms with Gasteiger partial charge in [0.05, 0.1) is 0 Å². The zero-order chi connectivity index (χ0) is 12.8. The van der Waals surface area contributed by atoms with Gasteiger partial charge in [-0.15, -0.1) is 0 Å². The van der Waals surface area contributed by atoms with E-state index in [1.54, 1.807) is 6.07 Å². The molecule has 0 fully saturated rings. The van der Waals surface area contributed by atoms with E-state index in [0.29, 0.717) is 18.8 Å². The van der Waals surface area contributed by atoms with Gasteiger partial charge in [0.2, 0.25) is 0 Å². The third kappa shape index (κ3) is 3.35. The average molecular weight is 244 g/mol. The van der Waals surface area contributed by atoms with Crippen LogP contribution in [0.1, 0.15) is 16.2 Å². The minimum Gasteiger partial charge on any atom is -0.383 e. The van der Waals surface area contributed by atoms with Gasteiger partial charge in [0.25, 0.3) is 5.91 Å². The maximum atomic E-state index is 11.6. The van der Waals surface area contributed by atoms with E-state index in [-0.39, 0.29) is 5.91 Å². The van der Waals surface area contributed by atoms with Gasteiger partial charge in [-0.25, -0.2) is 0 Å². The predicted molar refractivity (Wildman–Crippen MR) is 70.6 cm³/mol. The van der Waals surface area contributed by atoms with Crippen LogP contribution in [0, 0.1) is 6.92 Å². The van der Waals surface area contributed by atoms with E-state index in [2.05, 4.69) is 20.8 Å². The number of nitrogens with one attached hydrogen (secondary N) is 3. The third-order valence-corrected chi connectivity index (χ3v) is 2.45. The minimum absolute atomic E-state index is 0.158. The molecule has 0 saturated carbocycles. The van der Waals surface area contributed by atoms with Gasteiger partial charge in [-0.1, -0.05) is 18.2 Å². The highest BCUT2D eigenvalue weighted by atomic mass is 16.1. The second kappa shape index (κ2) is 5.86. The number of para-hydroxylation sites is 1. The average Bonchev–Trinajstić information content (AvgIpc) is 2.82. The molecule has 18 heavy (non-hydrogen) atoms. The molecule has 94 valence electrons. The molecule has 0 aliphatic rings.